The number of H-pyrrole nitrogens is 1. The molecule has 1 saturated carbocycles. The van der Waals surface area contributed by atoms with Crippen LogP contribution in [0.1, 0.15) is 57.8 Å². The Morgan fingerprint density at radius 2 is 2.14 bits per heavy atom. The number of aromatic amines is 1. The zero-order chi connectivity index (χ0) is 10.3. The van der Waals surface area contributed by atoms with Gasteiger partial charge < -0.3 is 4.98 Å². The molecule has 1 aliphatic rings. The molecule has 0 spiro atoms. The van der Waals surface area contributed by atoms with Crippen molar-refractivity contribution >= 4 is 12.1 Å². The van der Waals surface area contributed by atoms with Crippen LogP contribution in [0.3, 0.4) is 0 Å². The molecule has 1 aromatic heterocycles. The van der Waals surface area contributed by atoms with Crippen molar-refractivity contribution in [1.29, 1.82) is 0 Å². The predicted octanol–water partition coefficient (Wildman–Crippen LogP) is 2.22. The van der Waals surface area contributed by atoms with Crippen molar-refractivity contribution in [3.63, 3.8) is 0 Å². The van der Waals surface area contributed by atoms with Gasteiger partial charge in [-0.05, 0) is 38.2 Å². The molecule has 0 aromatic carbocycles. The highest BCUT2D eigenvalue weighted by Gasteiger charge is 2.32. The third-order valence-corrected chi connectivity index (χ3v) is 2.71. The Morgan fingerprint density at radius 1 is 1.50 bits per heavy atom. The minimum atomic E-state index is 0.0498. The molecule has 1 N–H and O–H groups in total. The van der Waals surface area contributed by atoms with Crippen molar-refractivity contribution in [3.05, 3.63) is 22.5 Å². The molecule has 74 valence electrons. The number of aromatic nitrogens is 1. The minimum Gasteiger partial charge on any atom is -0.356 e. The number of ketones is 1. The number of aryl methyl sites for hydroxylation is 1. The maximum atomic E-state index is 11.4. The molecule has 0 amide bonds. The lowest BCUT2D eigenvalue weighted by Crippen LogP contribution is -1.98. The first-order valence-corrected chi connectivity index (χ1v) is 4.83. The number of hydrogen-bond donors (Lipinski definition) is 1. The summed E-state index contributed by atoms with van der Waals surface area (Å²) in [5.41, 5.74) is 3.09. The van der Waals surface area contributed by atoms with E-state index in [0.29, 0.717) is 11.6 Å². The van der Waals surface area contributed by atoms with Crippen LogP contribution in [0.25, 0.3) is 0 Å². The largest absolute Gasteiger partial charge is 0.356 e. The van der Waals surface area contributed by atoms with Gasteiger partial charge >= 0.3 is 0 Å². The fraction of sp³-hybridized carbons (Fsp3) is 0.455. The summed E-state index contributed by atoms with van der Waals surface area (Å²) >= 11 is 0. The standard InChI is InChI=1S/C11H13NO2/c1-6-10(7(2)14)11(8-3-4-8)9(5-13)12-6/h5,8,12H,3-4H2,1-2H3. The maximum absolute atomic E-state index is 11.4. The van der Waals surface area contributed by atoms with Gasteiger partial charge in [-0.3, -0.25) is 9.59 Å². The molecule has 0 atom stereocenters. The fourth-order valence-electron chi connectivity index (χ4n) is 2.01. The van der Waals surface area contributed by atoms with Crippen LogP contribution >= 0.6 is 0 Å². The zero-order valence-electron chi connectivity index (χ0n) is 8.39. The Bertz CT molecular complexity index is 400. The first-order valence-electron chi connectivity index (χ1n) is 4.83. The average molecular weight is 191 g/mol. The maximum Gasteiger partial charge on any atom is 0.166 e. The number of carbonyl (C=O) groups excluding carboxylic acids is 2. The number of aldehydes is 1. The van der Waals surface area contributed by atoms with Crippen molar-refractivity contribution < 1.29 is 9.59 Å². The van der Waals surface area contributed by atoms with Crippen molar-refractivity contribution in [2.24, 2.45) is 0 Å². The minimum absolute atomic E-state index is 0.0498. The molecule has 0 aliphatic heterocycles. The van der Waals surface area contributed by atoms with Crippen molar-refractivity contribution in [2.45, 2.75) is 32.6 Å². The summed E-state index contributed by atoms with van der Waals surface area (Å²) in [6.07, 6.45) is 3.00. The van der Waals surface area contributed by atoms with Crippen LogP contribution in [0.2, 0.25) is 0 Å². The van der Waals surface area contributed by atoms with E-state index in [0.717, 1.165) is 35.9 Å². The Hall–Kier alpha value is -1.38. The fourth-order valence-corrected chi connectivity index (χ4v) is 2.01. The quantitative estimate of drug-likeness (QED) is 0.588. The third kappa shape index (κ3) is 1.29. The summed E-state index contributed by atoms with van der Waals surface area (Å²) in [5, 5.41) is 0. The number of Topliss-reactive ketones (excluding diaryl/α,β-unsaturated/α-hetero) is 1. The summed E-state index contributed by atoms with van der Waals surface area (Å²) in [6.45, 7) is 3.40. The zero-order valence-corrected chi connectivity index (χ0v) is 8.39. The highest BCUT2D eigenvalue weighted by molar-refractivity contribution is 5.99. The Morgan fingerprint density at radius 3 is 2.57 bits per heavy atom. The Kier molecular flexibility index (Phi) is 2.02. The second kappa shape index (κ2) is 3.08. The van der Waals surface area contributed by atoms with Crippen molar-refractivity contribution in [3.8, 4) is 0 Å². The van der Waals surface area contributed by atoms with E-state index in [1.54, 1.807) is 6.92 Å². The normalized spacial score (nSPS) is 15.6. The highest BCUT2D eigenvalue weighted by Crippen LogP contribution is 2.44. The van der Waals surface area contributed by atoms with E-state index in [4.69, 9.17) is 0 Å². The second-order valence-corrected chi connectivity index (χ2v) is 3.90. The molecule has 1 fully saturated rings. The summed E-state index contributed by atoms with van der Waals surface area (Å²) in [6, 6.07) is 0. The van der Waals surface area contributed by atoms with Crippen LogP contribution in [0.5, 0.6) is 0 Å². The molecule has 1 aliphatic carbocycles. The molecule has 3 nitrogen and oxygen atoms in total. The second-order valence-electron chi connectivity index (χ2n) is 3.90. The van der Waals surface area contributed by atoms with E-state index >= 15 is 0 Å². The van der Waals surface area contributed by atoms with Gasteiger partial charge in [0.05, 0.1) is 5.69 Å². The predicted molar refractivity (Wildman–Crippen MR) is 52.9 cm³/mol. The monoisotopic (exact) mass is 191 g/mol. The smallest absolute Gasteiger partial charge is 0.166 e. The number of hydrogen-bond acceptors (Lipinski definition) is 2. The molecule has 0 unspecified atom stereocenters. The molecule has 2 rings (SSSR count). The average Bonchev–Trinajstić information content (AvgIpc) is 2.89. The summed E-state index contributed by atoms with van der Waals surface area (Å²) in [7, 11) is 0. The van der Waals surface area contributed by atoms with E-state index in [-0.39, 0.29) is 5.78 Å². The summed E-state index contributed by atoms with van der Waals surface area (Å²) < 4.78 is 0. The van der Waals surface area contributed by atoms with Crippen molar-refractivity contribution in [2.75, 3.05) is 0 Å². The summed E-state index contributed by atoms with van der Waals surface area (Å²) in [5.74, 6) is 0.479. The van der Waals surface area contributed by atoms with Gasteiger partial charge in [0.25, 0.3) is 0 Å². The third-order valence-electron chi connectivity index (χ3n) is 2.71. The van der Waals surface area contributed by atoms with Gasteiger partial charge in [-0.15, -0.1) is 0 Å². The van der Waals surface area contributed by atoms with Crippen LogP contribution in [0.4, 0.5) is 0 Å². The Balaban J connectivity index is 2.60. The lowest BCUT2D eigenvalue weighted by atomic mass is 10.0. The molecular formula is C11H13NO2. The van der Waals surface area contributed by atoms with Gasteiger partial charge in [-0.1, -0.05) is 0 Å². The first-order chi connectivity index (χ1) is 6.65. The number of rotatable bonds is 3. The molecule has 0 saturated heterocycles. The first kappa shape index (κ1) is 9.19. The van der Waals surface area contributed by atoms with Gasteiger partial charge in [0.2, 0.25) is 0 Å². The molecule has 1 aromatic rings. The van der Waals surface area contributed by atoms with E-state index in [2.05, 4.69) is 4.98 Å². The Labute approximate surface area is 82.5 Å². The highest BCUT2D eigenvalue weighted by atomic mass is 16.1. The number of carbonyl (C=O) groups is 2. The van der Waals surface area contributed by atoms with Crippen molar-refractivity contribution in [1.82, 2.24) is 4.98 Å². The van der Waals surface area contributed by atoms with Crippen LogP contribution in [-0.2, 0) is 0 Å². The van der Waals surface area contributed by atoms with E-state index in [1.165, 1.54) is 0 Å². The van der Waals surface area contributed by atoms with E-state index < -0.39 is 0 Å². The molecular weight excluding hydrogens is 178 g/mol. The van der Waals surface area contributed by atoms with Gasteiger partial charge in [0.15, 0.2) is 12.1 Å². The molecule has 0 radical (unpaired) electrons. The summed E-state index contributed by atoms with van der Waals surface area (Å²) in [4.78, 5) is 25.2. The van der Waals surface area contributed by atoms with Gasteiger partial charge in [0.1, 0.15) is 0 Å². The van der Waals surface area contributed by atoms with Crippen LogP contribution in [0.15, 0.2) is 0 Å². The molecule has 14 heavy (non-hydrogen) atoms. The van der Waals surface area contributed by atoms with Gasteiger partial charge in [-0.2, -0.15) is 0 Å². The molecule has 0 bridgehead atoms. The molecule has 3 heteroatoms. The topological polar surface area (TPSA) is 49.9 Å². The lowest BCUT2D eigenvalue weighted by Gasteiger charge is -1.99. The van der Waals surface area contributed by atoms with Crippen LogP contribution in [-0.4, -0.2) is 17.1 Å². The van der Waals surface area contributed by atoms with Crippen LogP contribution in [0, 0.1) is 6.92 Å². The number of nitrogens with one attached hydrogen (secondary N) is 1. The van der Waals surface area contributed by atoms with Gasteiger partial charge in [-0.25, -0.2) is 0 Å². The van der Waals surface area contributed by atoms with Crippen LogP contribution < -0.4 is 0 Å². The molecule has 1 heterocycles. The van der Waals surface area contributed by atoms with E-state index in [1.807, 2.05) is 6.92 Å². The van der Waals surface area contributed by atoms with Gasteiger partial charge in [0, 0.05) is 11.3 Å². The SMILES string of the molecule is CC(=O)c1c(C)[nH]c(C=O)c1C1CC1. The van der Waals surface area contributed by atoms with E-state index in [9.17, 15) is 9.59 Å². The lowest BCUT2D eigenvalue weighted by molar-refractivity contribution is 0.101.